The third kappa shape index (κ3) is 2.27. The highest BCUT2D eigenvalue weighted by atomic mass is 16.5. The molecule has 2 fully saturated rings. The largest absolute Gasteiger partial charge is 0.370 e. The summed E-state index contributed by atoms with van der Waals surface area (Å²) in [4.78, 5) is 11.5. The summed E-state index contributed by atoms with van der Waals surface area (Å²) in [7, 11) is 0. The molecule has 1 aliphatic heterocycles. The van der Waals surface area contributed by atoms with Crippen molar-refractivity contribution in [2.24, 2.45) is 5.92 Å². The number of carbonyl (C=O) groups excluding carboxylic acids is 1. The van der Waals surface area contributed by atoms with E-state index in [1.54, 1.807) is 0 Å². The summed E-state index contributed by atoms with van der Waals surface area (Å²) >= 11 is 0. The third-order valence-corrected chi connectivity index (χ3v) is 4.06. The first kappa shape index (κ1) is 11.0. The van der Waals surface area contributed by atoms with Crippen molar-refractivity contribution >= 4 is 5.78 Å². The van der Waals surface area contributed by atoms with Gasteiger partial charge in [-0.05, 0) is 30.7 Å². The summed E-state index contributed by atoms with van der Waals surface area (Å²) < 4.78 is 6.13. The standard InChI is InChI=1S/C15H18O2/c16-13-8-6-12-7-9-14(17-15(12)10-13)11-4-2-1-3-5-11/h1-5,12,14-15H,6-10H2. The maximum Gasteiger partial charge on any atom is 0.135 e. The maximum absolute atomic E-state index is 11.5. The van der Waals surface area contributed by atoms with Gasteiger partial charge in [-0.2, -0.15) is 0 Å². The quantitative estimate of drug-likeness (QED) is 0.740. The van der Waals surface area contributed by atoms with Gasteiger partial charge in [-0.25, -0.2) is 0 Å². The lowest BCUT2D eigenvalue weighted by Crippen LogP contribution is -2.36. The van der Waals surface area contributed by atoms with E-state index in [0.717, 1.165) is 19.3 Å². The van der Waals surface area contributed by atoms with Crippen LogP contribution in [-0.4, -0.2) is 11.9 Å². The normalized spacial score (nSPS) is 33.2. The number of Topliss-reactive ketones (excluding diaryl/α,β-unsaturated/α-hetero) is 1. The summed E-state index contributed by atoms with van der Waals surface area (Å²) in [6, 6.07) is 10.4. The highest BCUT2D eigenvalue weighted by Crippen LogP contribution is 2.40. The highest BCUT2D eigenvalue weighted by Gasteiger charge is 2.36. The summed E-state index contributed by atoms with van der Waals surface area (Å²) in [5, 5.41) is 0. The van der Waals surface area contributed by atoms with Crippen LogP contribution in [0.2, 0.25) is 0 Å². The fraction of sp³-hybridized carbons (Fsp3) is 0.533. The van der Waals surface area contributed by atoms with Crippen molar-refractivity contribution in [2.45, 2.75) is 44.3 Å². The van der Waals surface area contributed by atoms with Gasteiger partial charge in [-0.1, -0.05) is 30.3 Å². The molecule has 0 spiro atoms. The molecule has 0 radical (unpaired) electrons. The molecule has 0 bridgehead atoms. The zero-order chi connectivity index (χ0) is 11.7. The van der Waals surface area contributed by atoms with Gasteiger partial charge in [0.25, 0.3) is 0 Å². The molecule has 0 N–H and O–H groups in total. The van der Waals surface area contributed by atoms with Gasteiger partial charge in [0, 0.05) is 12.8 Å². The van der Waals surface area contributed by atoms with Gasteiger partial charge in [0.1, 0.15) is 5.78 Å². The molecule has 2 aliphatic rings. The van der Waals surface area contributed by atoms with Gasteiger partial charge in [-0.15, -0.1) is 0 Å². The average Bonchev–Trinajstić information content (AvgIpc) is 2.39. The molecule has 17 heavy (non-hydrogen) atoms. The Balaban J connectivity index is 1.72. The third-order valence-electron chi connectivity index (χ3n) is 4.06. The van der Waals surface area contributed by atoms with Gasteiger partial charge in [0.05, 0.1) is 12.2 Å². The molecule has 1 aliphatic carbocycles. The SMILES string of the molecule is O=C1CCC2CCC(c3ccccc3)OC2C1. The second-order valence-electron chi connectivity index (χ2n) is 5.19. The van der Waals surface area contributed by atoms with Crippen LogP contribution in [0.25, 0.3) is 0 Å². The van der Waals surface area contributed by atoms with Crippen LogP contribution in [0.4, 0.5) is 0 Å². The molecule has 0 amide bonds. The van der Waals surface area contributed by atoms with E-state index in [4.69, 9.17) is 4.74 Å². The van der Waals surface area contributed by atoms with Crippen LogP contribution >= 0.6 is 0 Å². The first-order valence-electron chi connectivity index (χ1n) is 6.55. The van der Waals surface area contributed by atoms with Crippen molar-refractivity contribution in [3.8, 4) is 0 Å². The number of carbonyl (C=O) groups is 1. The topological polar surface area (TPSA) is 26.3 Å². The Morgan fingerprint density at radius 2 is 1.88 bits per heavy atom. The second kappa shape index (κ2) is 4.61. The van der Waals surface area contributed by atoms with Crippen LogP contribution in [-0.2, 0) is 9.53 Å². The second-order valence-corrected chi connectivity index (χ2v) is 5.19. The first-order chi connectivity index (χ1) is 8.33. The number of ketones is 1. The molecule has 2 nitrogen and oxygen atoms in total. The lowest BCUT2D eigenvalue weighted by atomic mass is 9.79. The van der Waals surface area contributed by atoms with E-state index < -0.39 is 0 Å². The molecule has 1 aromatic carbocycles. The Kier molecular flexibility index (Phi) is 2.98. The van der Waals surface area contributed by atoms with Crippen LogP contribution < -0.4 is 0 Å². The number of hydrogen-bond acceptors (Lipinski definition) is 2. The first-order valence-corrected chi connectivity index (χ1v) is 6.55. The predicted octanol–water partition coefficient (Wildman–Crippen LogP) is 3.28. The summed E-state index contributed by atoms with van der Waals surface area (Å²) in [5.74, 6) is 0.993. The lowest BCUT2D eigenvalue weighted by Gasteiger charge is -2.39. The highest BCUT2D eigenvalue weighted by molar-refractivity contribution is 5.79. The minimum Gasteiger partial charge on any atom is -0.370 e. The molecule has 3 unspecified atom stereocenters. The van der Waals surface area contributed by atoms with E-state index in [-0.39, 0.29) is 12.2 Å². The molecule has 90 valence electrons. The van der Waals surface area contributed by atoms with Crippen molar-refractivity contribution in [1.29, 1.82) is 0 Å². The van der Waals surface area contributed by atoms with E-state index >= 15 is 0 Å². The minimum atomic E-state index is 0.176. The summed E-state index contributed by atoms with van der Waals surface area (Å²) in [5.41, 5.74) is 1.25. The average molecular weight is 230 g/mol. The molecule has 1 saturated heterocycles. The van der Waals surface area contributed by atoms with Crippen LogP contribution in [0.15, 0.2) is 30.3 Å². The Hall–Kier alpha value is -1.15. The fourth-order valence-electron chi connectivity index (χ4n) is 3.07. The van der Waals surface area contributed by atoms with Gasteiger partial charge in [-0.3, -0.25) is 4.79 Å². The van der Waals surface area contributed by atoms with Crippen LogP contribution in [0.3, 0.4) is 0 Å². The predicted molar refractivity (Wildman–Crippen MR) is 65.6 cm³/mol. The zero-order valence-corrected chi connectivity index (χ0v) is 9.97. The van der Waals surface area contributed by atoms with Gasteiger partial charge >= 0.3 is 0 Å². The van der Waals surface area contributed by atoms with E-state index in [0.29, 0.717) is 18.1 Å². The number of benzene rings is 1. The lowest BCUT2D eigenvalue weighted by molar-refractivity contribution is -0.138. The van der Waals surface area contributed by atoms with E-state index in [1.165, 1.54) is 12.0 Å². The molecule has 1 heterocycles. The number of hydrogen-bond donors (Lipinski definition) is 0. The van der Waals surface area contributed by atoms with Crippen LogP contribution in [0, 0.1) is 5.92 Å². The molecule has 1 saturated carbocycles. The Morgan fingerprint density at radius 1 is 1.06 bits per heavy atom. The fourth-order valence-corrected chi connectivity index (χ4v) is 3.07. The van der Waals surface area contributed by atoms with Crippen LogP contribution in [0.5, 0.6) is 0 Å². The van der Waals surface area contributed by atoms with Crippen molar-refractivity contribution in [3.05, 3.63) is 35.9 Å². The number of fused-ring (bicyclic) bond motifs is 1. The van der Waals surface area contributed by atoms with E-state index in [1.807, 2.05) is 6.07 Å². The molecule has 3 rings (SSSR count). The molecular weight excluding hydrogens is 212 g/mol. The van der Waals surface area contributed by atoms with Gasteiger partial charge in [0.2, 0.25) is 0 Å². The summed E-state index contributed by atoms with van der Waals surface area (Å²) in [6.07, 6.45) is 5.11. The minimum absolute atomic E-state index is 0.176. The number of ether oxygens (including phenoxy) is 1. The maximum atomic E-state index is 11.5. The van der Waals surface area contributed by atoms with Gasteiger partial charge in [0.15, 0.2) is 0 Å². The Bertz CT molecular complexity index is 399. The molecule has 0 aromatic heterocycles. The molecule has 1 aromatic rings. The monoisotopic (exact) mass is 230 g/mol. The molecular formula is C15H18O2. The number of rotatable bonds is 1. The molecule has 3 atom stereocenters. The van der Waals surface area contributed by atoms with E-state index in [2.05, 4.69) is 24.3 Å². The van der Waals surface area contributed by atoms with Crippen molar-refractivity contribution in [3.63, 3.8) is 0 Å². The smallest absolute Gasteiger partial charge is 0.135 e. The Morgan fingerprint density at radius 3 is 2.71 bits per heavy atom. The zero-order valence-electron chi connectivity index (χ0n) is 9.97. The Labute approximate surface area is 102 Å². The van der Waals surface area contributed by atoms with E-state index in [9.17, 15) is 4.79 Å². The van der Waals surface area contributed by atoms with Crippen LogP contribution in [0.1, 0.15) is 43.8 Å². The van der Waals surface area contributed by atoms with Crippen molar-refractivity contribution < 1.29 is 9.53 Å². The molecule has 2 heteroatoms. The van der Waals surface area contributed by atoms with Crippen molar-refractivity contribution in [2.75, 3.05) is 0 Å². The summed E-state index contributed by atoms with van der Waals surface area (Å²) in [6.45, 7) is 0. The van der Waals surface area contributed by atoms with Crippen molar-refractivity contribution in [1.82, 2.24) is 0 Å². The van der Waals surface area contributed by atoms with Gasteiger partial charge < -0.3 is 4.74 Å².